The average molecular weight is 248 g/mol. The van der Waals surface area contributed by atoms with E-state index in [1.54, 1.807) is 0 Å². The molecule has 18 heavy (non-hydrogen) atoms. The fourth-order valence-electron chi connectivity index (χ4n) is 2.60. The highest BCUT2D eigenvalue weighted by Gasteiger charge is 2.56. The van der Waals surface area contributed by atoms with Crippen LogP contribution in [0.3, 0.4) is 0 Å². The number of hydrogen-bond donors (Lipinski definition) is 1. The standard InChI is InChI=1S/C15H17FO2/c1-15(2)11(8-10-6-4-3-5-7-10)12(15)9-13(16)14(17)18/h3-7,9,11-12H,8H2,1-2H3,(H,17,18)/b13-9+/t11-,12+/m1/s1. The molecule has 0 aliphatic heterocycles. The first-order valence-corrected chi connectivity index (χ1v) is 6.07. The topological polar surface area (TPSA) is 37.3 Å². The normalized spacial score (nSPS) is 25.8. The molecule has 0 aromatic heterocycles. The fraction of sp³-hybridized carbons (Fsp3) is 0.400. The van der Waals surface area contributed by atoms with Gasteiger partial charge in [-0.2, -0.15) is 4.39 Å². The zero-order valence-electron chi connectivity index (χ0n) is 10.6. The minimum atomic E-state index is -1.48. The van der Waals surface area contributed by atoms with Crippen molar-refractivity contribution in [1.29, 1.82) is 0 Å². The molecule has 3 heteroatoms. The summed E-state index contributed by atoms with van der Waals surface area (Å²) in [5.41, 5.74) is 1.19. The van der Waals surface area contributed by atoms with Gasteiger partial charge in [0, 0.05) is 0 Å². The van der Waals surface area contributed by atoms with Crippen LogP contribution in [0.25, 0.3) is 0 Å². The van der Waals surface area contributed by atoms with Crippen LogP contribution in [0.4, 0.5) is 4.39 Å². The molecule has 0 bridgehead atoms. The summed E-state index contributed by atoms with van der Waals surface area (Å²) in [6.45, 7) is 4.10. The molecule has 0 spiro atoms. The lowest BCUT2D eigenvalue weighted by atomic mass is 10.0. The van der Waals surface area contributed by atoms with E-state index in [2.05, 4.69) is 13.8 Å². The molecule has 1 aromatic carbocycles. The highest BCUT2D eigenvalue weighted by molar-refractivity contribution is 5.84. The summed E-state index contributed by atoms with van der Waals surface area (Å²) in [6, 6.07) is 10.0. The van der Waals surface area contributed by atoms with Gasteiger partial charge in [-0.05, 0) is 35.3 Å². The lowest BCUT2D eigenvalue weighted by Gasteiger charge is -2.02. The lowest BCUT2D eigenvalue weighted by molar-refractivity contribution is -0.134. The molecular weight excluding hydrogens is 231 g/mol. The van der Waals surface area contributed by atoms with E-state index in [-0.39, 0.29) is 11.3 Å². The van der Waals surface area contributed by atoms with E-state index in [1.807, 2.05) is 30.3 Å². The van der Waals surface area contributed by atoms with Crippen LogP contribution in [-0.2, 0) is 11.2 Å². The van der Waals surface area contributed by atoms with Gasteiger partial charge in [0.2, 0.25) is 5.83 Å². The first kappa shape index (κ1) is 12.8. The predicted molar refractivity (Wildman–Crippen MR) is 67.7 cm³/mol. The van der Waals surface area contributed by atoms with E-state index >= 15 is 0 Å². The molecule has 0 radical (unpaired) electrons. The number of benzene rings is 1. The summed E-state index contributed by atoms with van der Waals surface area (Å²) in [6.07, 6.45) is 2.12. The summed E-state index contributed by atoms with van der Waals surface area (Å²) < 4.78 is 13.1. The van der Waals surface area contributed by atoms with Crippen LogP contribution >= 0.6 is 0 Å². The van der Waals surface area contributed by atoms with Gasteiger partial charge >= 0.3 is 5.97 Å². The lowest BCUT2D eigenvalue weighted by Crippen LogP contribution is -1.96. The van der Waals surface area contributed by atoms with Crippen LogP contribution < -0.4 is 0 Å². The summed E-state index contributed by atoms with van der Waals surface area (Å²) in [5, 5.41) is 8.56. The maximum absolute atomic E-state index is 13.1. The Bertz CT molecular complexity index is 477. The van der Waals surface area contributed by atoms with Gasteiger partial charge in [0.05, 0.1) is 0 Å². The minimum Gasteiger partial charge on any atom is -0.476 e. The van der Waals surface area contributed by atoms with E-state index < -0.39 is 11.8 Å². The number of rotatable bonds is 4. The Morgan fingerprint density at radius 2 is 2.00 bits per heavy atom. The van der Waals surface area contributed by atoms with E-state index in [0.29, 0.717) is 5.92 Å². The van der Waals surface area contributed by atoms with Gasteiger partial charge in [-0.15, -0.1) is 0 Å². The third-order valence-corrected chi connectivity index (χ3v) is 3.97. The van der Waals surface area contributed by atoms with Gasteiger partial charge in [-0.25, -0.2) is 4.79 Å². The number of allylic oxidation sites excluding steroid dienone is 1. The monoisotopic (exact) mass is 248 g/mol. The summed E-state index contributed by atoms with van der Waals surface area (Å²) in [5.74, 6) is -2.20. The molecule has 1 saturated carbocycles. The maximum atomic E-state index is 13.1. The largest absolute Gasteiger partial charge is 0.476 e. The smallest absolute Gasteiger partial charge is 0.364 e. The molecule has 1 aliphatic carbocycles. The molecular formula is C15H17FO2. The van der Waals surface area contributed by atoms with Gasteiger partial charge in [0.25, 0.3) is 0 Å². The quantitative estimate of drug-likeness (QED) is 0.829. The Balaban J connectivity index is 2.08. The molecule has 0 unspecified atom stereocenters. The molecule has 1 aliphatic rings. The van der Waals surface area contributed by atoms with Crippen molar-refractivity contribution < 1.29 is 14.3 Å². The number of carboxylic acid groups (broad SMARTS) is 1. The van der Waals surface area contributed by atoms with E-state index in [1.165, 1.54) is 11.6 Å². The van der Waals surface area contributed by atoms with Crippen molar-refractivity contribution in [3.63, 3.8) is 0 Å². The van der Waals surface area contributed by atoms with E-state index in [4.69, 9.17) is 5.11 Å². The second-order valence-corrected chi connectivity index (χ2v) is 5.46. The fourth-order valence-corrected chi connectivity index (χ4v) is 2.60. The molecule has 0 amide bonds. The van der Waals surface area contributed by atoms with Gasteiger partial charge in [0.15, 0.2) is 0 Å². The van der Waals surface area contributed by atoms with Gasteiger partial charge in [-0.3, -0.25) is 0 Å². The molecule has 1 N–H and O–H groups in total. The first-order valence-electron chi connectivity index (χ1n) is 6.07. The molecule has 2 rings (SSSR count). The Kier molecular flexibility index (Phi) is 3.24. The highest BCUT2D eigenvalue weighted by Crippen LogP contribution is 2.60. The molecule has 2 nitrogen and oxygen atoms in total. The number of carbonyl (C=O) groups is 1. The van der Waals surface area contributed by atoms with Crippen molar-refractivity contribution >= 4 is 5.97 Å². The van der Waals surface area contributed by atoms with Crippen molar-refractivity contribution in [2.45, 2.75) is 20.3 Å². The molecule has 96 valence electrons. The van der Waals surface area contributed by atoms with Crippen molar-refractivity contribution in [2.75, 3.05) is 0 Å². The highest BCUT2D eigenvalue weighted by atomic mass is 19.1. The van der Waals surface area contributed by atoms with Crippen molar-refractivity contribution in [1.82, 2.24) is 0 Å². The third-order valence-electron chi connectivity index (χ3n) is 3.97. The van der Waals surface area contributed by atoms with E-state index in [9.17, 15) is 9.18 Å². The van der Waals surface area contributed by atoms with Gasteiger partial charge in [0.1, 0.15) is 0 Å². The molecule has 1 aromatic rings. The second-order valence-electron chi connectivity index (χ2n) is 5.46. The number of hydrogen-bond acceptors (Lipinski definition) is 1. The van der Waals surface area contributed by atoms with Crippen LogP contribution in [-0.4, -0.2) is 11.1 Å². The third kappa shape index (κ3) is 2.45. The van der Waals surface area contributed by atoms with Crippen LogP contribution in [0.1, 0.15) is 19.4 Å². The maximum Gasteiger partial charge on any atom is 0.364 e. The zero-order valence-corrected chi connectivity index (χ0v) is 10.6. The van der Waals surface area contributed by atoms with Crippen molar-refractivity contribution in [3.05, 3.63) is 47.8 Å². The summed E-state index contributed by atoms with van der Waals surface area (Å²) >= 11 is 0. The van der Waals surface area contributed by atoms with Crippen molar-refractivity contribution in [3.8, 4) is 0 Å². The first-order chi connectivity index (χ1) is 8.43. The summed E-state index contributed by atoms with van der Waals surface area (Å²) in [7, 11) is 0. The Hall–Kier alpha value is -1.64. The van der Waals surface area contributed by atoms with Crippen LogP contribution in [0.5, 0.6) is 0 Å². The zero-order chi connectivity index (χ0) is 13.3. The predicted octanol–water partition coefficient (Wildman–Crippen LogP) is 3.44. The van der Waals surface area contributed by atoms with Crippen LogP contribution in [0.15, 0.2) is 42.2 Å². The Labute approximate surface area is 106 Å². The second kappa shape index (κ2) is 4.56. The van der Waals surface area contributed by atoms with Gasteiger partial charge < -0.3 is 5.11 Å². The Morgan fingerprint density at radius 1 is 1.39 bits per heavy atom. The average Bonchev–Trinajstić information content (AvgIpc) is 2.82. The molecule has 1 fully saturated rings. The van der Waals surface area contributed by atoms with Crippen LogP contribution in [0, 0.1) is 17.3 Å². The number of halogens is 1. The Morgan fingerprint density at radius 3 is 2.56 bits per heavy atom. The van der Waals surface area contributed by atoms with Crippen molar-refractivity contribution in [2.24, 2.45) is 17.3 Å². The summed E-state index contributed by atoms with van der Waals surface area (Å²) in [4.78, 5) is 10.5. The molecule has 2 atom stereocenters. The molecule has 0 heterocycles. The minimum absolute atomic E-state index is 0.00815. The van der Waals surface area contributed by atoms with Crippen LogP contribution in [0.2, 0.25) is 0 Å². The van der Waals surface area contributed by atoms with Gasteiger partial charge in [-0.1, -0.05) is 44.2 Å². The number of aliphatic carboxylic acids is 1. The number of carboxylic acids is 1. The molecule has 0 saturated heterocycles. The van der Waals surface area contributed by atoms with E-state index in [0.717, 1.165) is 6.42 Å². The SMILES string of the molecule is CC1(C)[C@H](Cc2ccccc2)[C@@H]1/C=C(/F)C(=O)O.